The van der Waals surface area contributed by atoms with E-state index < -0.39 is 8.07 Å². The maximum absolute atomic E-state index is 6.11. The number of rotatable bonds is 6. The number of ether oxygens (including phenoxy) is 1. The van der Waals surface area contributed by atoms with E-state index in [0.29, 0.717) is 11.8 Å². The van der Waals surface area contributed by atoms with Crippen LogP contribution in [0, 0.1) is 3.57 Å². The standard InChI is InChI=1S/C13H19ClIN3OSi/c1-20(2,3)7-6-19-5-4-18-8-10(15)11-12(14)16-9-17-13(11)18/h8-9H,4-7H2,1-3H3. The molecule has 0 aliphatic carbocycles. The van der Waals surface area contributed by atoms with E-state index in [1.165, 1.54) is 12.4 Å². The number of fused-ring (bicyclic) bond motifs is 1. The highest BCUT2D eigenvalue weighted by Crippen LogP contribution is 2.26. The predicted octanol–water partition coefficient (Wildman–Crippen LogP) is 4.04. The van der Waals surface area contributed by atoms with Crippen LogP contribution < -0.4 is 0 Å². The first kappa shape index (κ1) is 16.2. The summed E-state index contributed by atoms with van der Waals surface area (Å²) in [4.78, 5) is 8.34. The molecule has 7 heteroatoms. The molecule has 2 aromatic heterocycles. The SMILES string of the molecule is C[Si](C)(C)CCOCCn1cc(I)c2c(Cl)ncnc21. The van der Waals surface area contributed by atoms with E-state index in [-0.39, 0.29) is 0 Å². The summed E-state index contributed by atoms with van der Waals surface area (Å²) in [6.45, 7) is 9.41. The molecule has 0 saturated heterocycles. The van der Waals surface area contributed by atoms with E-state index in [4.69, 9.17) is 16.3 Å². The third-order valence-electron chi connectivity index (χ3n) is 3.03. The van der Waals surface area contributed by atoms with Gasteiger partial charge >= 0.3 is 0 Å². The van der Waals surface area contributed by atoms with Gasteiger partial charge in [-0.2, -0.15) is 0 Å². The van der Waals surface area contributed by atoms with Crippen LogP contribution in [0.3, 0.4) is 0 Å². The van der Waals surface area contributed by atoms with Crippen LogP contribution in [0.2, 0.25) is 30.8 Å². The average Bonchev–Trinajstić information content (AvgIpc) is 2.66. The van der Waals surface area contributed by atoms with E-state index in [1.54, 1.807) is 0 Å². The van der Waals surface area contributed by atoms with Gasteiger partial charge in [-0.1, -0.05) is 31.2 Å². The quantitative estimate of drug-likeness (QED) is 0.305. The first-order valence-corrected chi connectivity index (χ1v) is 11.8. The van der Waals surface area contributed by atoms with Crippen LogP contribution in [0.25, 0.3) is 11.0 Å². The second kappa shape index (κ2) is 6.72. The second-order valence-corrected chi connectivity index (χ2v) is 13.1. The molecule has 2 aromatic rings. The van der Waals surface area contributed by atoms with Gasteiger partial charge in [0.1, 0.15) is 17.1 Å². The molecule has 0 amide bonds. The van der Waals surface area contributed by atoms with Gasteiger partial charge in [0.15, 0.2) is 0 Å². The molecule has 4 nitrogen and oxygen atoms in total. The lowest BCUT2D eigenvalue weighted by molar-refractivity contribution is 0.139. The lowest BCUT2D eigenvalue weighted by Gasteiger charge is -2.15. The van der Waals surface area contributed by atoms with Crippen molar-refractivity contribution in [1.82, 2.24) is 14.5 Å². The molecule has 0 fully saturated rings. The molecule has 0 spiro atoms. The molecule has 0 radical (unpaired) electrons. The lowest BCUT2D eigenvalue weighted by Crippen LogP contribution is -2.22. The largest absolute Gasteiger partial charge is 0.380 e. The van der Waals surface area contributed by atoms with Crippen molar-refractivity contribution in [1.29, 1.82) is 0 Å². The Balaban J connectivity index is 1.96. The van der Waals surface area contributed by atoms with Gasteiger partial charge in [-0.3, -0.25) is 0 Å². The zero-order valence-electron chi connectivity index (χ0n) is 12.0. The van der Waals surface area contributed by atoms with Crippen LogP contribution in [0.1, 0.15) is 0 Å². The van der Waals surface area contributed by atoms with E-state index in [1.807, 2.05) is 6.20 Å². The van der Waals surface area contributed by atoms with Gasteiger partial charge in [0.2, 0.25) is 0 Å². The molecular formula is C13H19ClIN3OSi. The number of hydrogen-bond donors (Lipinski definition) is 0. The van der Waals surface area contributed by atoms with E-state index >= 15 is 0 Å². The molecule has 0 N–H and O–H groups in total. The first-order chi connectivity index (χ1) is 9.38. The Morgan fingerprint density at radius 2 is 2.05 bits per heavy atom. The van der Waals surface area contributed by atoms with Crippen LogP contribution in [0.4, 0.5) is 0 Å². The third-order valence-corrected chi connectivity index (χ3v) is 5.84. The highest BCUT2D eigenvalue weighted by molar-refractivity contribution is 14.1. The predicted molar refractivity (Wildman–Crippen MR) is 94.2 cm³/mol. The zero-order chi connectivity index (χ0) is 14.8. The molecular weight excluding hydrogens is 405 g/mol. The molecule has 20 heavy (non-hydrogen) atoms. The van der Waals surface area contributed by atoms with Gasteiger partial charge in [0.05, 0.1) is 12.0 Å². The van der Waals surface area contributed by atoms with E-state index in [2.05, 4.69) is 56.8 Å². The molecule has 0 aromatic carbocycles. The molecule has 0 aliphatic heterocycles. The summed E-state index contributed by atoms with van der Waals surface area (Å²) < 4.78 is 8.89. The van der Waals surface area contributed by atoms with Gasteiger partial charge in [0.25, 0.3) is 0 Å². The van der Waals surface area contributed by atoms with Crippen LogP contribution in [0.15, 0.2) is 12.5 Å². The second-order valence-electron chi connectivity index (χ2n) is 5.96. The number of nitrogens with zero attached hydrogens (tertiary/aromatic N) is 3. The van der Waals surface area contributed by atoms with Crippen molar-refractivity contribution >= 4 is 53.3 Å². The molecule has 2 rings (SSSR count). The van der Waals surface area contributed by atoms with E-state index in [9.17, 15) is 0 Å². The van der Waals surface area contributed by atoms with Gasteiger partial charge in [-0.05, 0) is 28.6 Å². The normalized spacial score (nSPS) is 12.2. The Labute approximate surface area is 139 Å². The summed E-state index contributed by atoms with van der Waals surface area (Å²) in [5.41, 5.74) is 0.878. The van der Waals surface area contributed by atoms with Crippen LogP contribution >= 0.6 is 34.2 Å². The van der Waals surface area contributed by atoms with Crippen molar-refractivity contribution in [3.63, 3.8) is 0 Å². The summed E-state index contributed by atoms with van der Waals surface area (Å²) in [5.74, 6) is 0. The van der Waals surface area contributed by atoms with Gasteiger partial charge in [0, 0.05) is 31.0 Å². The summed E-state index contributed by atoms with van der Waals surface area (Å²) >= 11 is 8.38. The zero-order valence-corrected chi connectivity index (χ0v) is 15.9. The summed E-state index contributed by atoms with van der Waals surface area (Å²) in [6.07, 6.45) is 3.55. The molecule has 0 atom stereocenters. The van der Waals surface area contributed by atoms with Gasteiger partial charge in [-0.25, -0.2) is 9.97 Å². The van der Waals surface area contributed by atoms with Crippen molar-refractivity contribution in [2.75, 3.05) is 13.2 Å². The minimum absolute atomic E-state index is 0.512. The third kappa shape index (κ3) is 4.16. The van der Waals surface area contributed by atoms with Crippen molar-refractivity contribution in [3.8, 4) is 0 Å². The smallest absolute Gasteiger partial charge is 0.146 e. The number of halogens is 2. The minimum Gasteiger partial charge on any atom is -0.380 e. The maximum Gasteiger partial charge on any atom is 0.146 e. The Morgan fingerprint density at radius 3 is 2.75 bits per heavy atom. The minimum atomic E-state index is -1.00. The summed E-state index contributed by atoms with van der Waals surface area (Å²) in [6, 6.07) is 1.20. The molecule has 110 valence electrons. The van der Waals surface area contributed by atoms with Gasteiger partial charge in [-0.15, -0.1) is 0 Å². The fraction of sp³-hybridized carbons (Fsp3) is 0.538. The Bertz CT molecular complexity index is 597. The summed E-state index contributed by atoms with van der Waals surface area (Å²) in [7, 11) is -1.00. The Hall–Kier alpha value is -0.183. The molecule has 0 saturated carbocycles. The topological polar surface area (TPSA) is 39.9 Å². The number of aromatic nitrogens is 3. The van der Waals surface area contributed by atoms with Crippen molar-refractivity contribution in [2.45, 2.75) is 32.2 Å². The van der Waals surface area contributed by atoms with Crippen molar-refractivity contribution in [3.05, 3.63) is 21.2 Å². The first-order valence-electron chi connectivity index (χ1n) is 6.61. The van der Waals surface area contributed by atoms with E-state index in [0.717, 1.165) is 27.8 Å². The van der Waals surface area contributed by atoms with Crippen molar-refractivity contribution in [2.24, 2.45) is 0 Å². The Morgan fingerprint density at radius 1 is 1.30 bits per heavy atom. The Kier molecular flexibility index (Phi) is 5.44. The monoisotopic (exact) mass is 423 g/mol. The fourth-order valence-corrected chi connectivity index (χ4v) is 3.83. The van der Waals surface area contributed by atoms with Gasteiger partial charge < -0.3 is 9.30 Å². The van der Waals surface area contributed by atoms with Crippen LogP contribution in [-0.4, -0.2) is 35.8 Å². The van der Waals surface area contributed by atoms with Crippen LogP contribution in [0.5, 0.6) is 0 Å². The molecule has 0 aliphatic rings. The fourth-order valence-electron chi connectivity index (χ4n) is 1.85. The molecule has 0 bridgehead atoms. The highest BCUT2D eigenvalue weighted by Gasteiger charge is 2.13. The molecule has 2 heterocycles. The number of hydrogen-bond acceptors (Lipinski definition) is 3. The maximum atomic E-state index is 6.11. The lowest BCUT2D eigenvalue weighted by atomic mass is 10.4. The van der Waals surface area contributed by atoms with Crippen LogP contribution in [-0.2, 0) is 11.3 Å². The molecule has 0 unspecified atom stereocenters. The summed E-state index contributed by atoms with van der Waals surface area (Å²) in [5, 5.41) is 1.44. The van der Waals surface area contributed by atoms with Crippen molar-refractivity contribution < 1.29 is 4.74 Å². The highest BCUT2D eigenvalue weighted by atomic mass is 127. The average molecular weight is 424 g/mol.